The minimum absolute atomic E-state index is 0.0507. The maximum absolute atomic E-state index is 12.9. The average molecular weight is 512 g/mol. The fraction of sp³-hybridized carbons (Fsp3) is 0.467. The number of halogens is 1. The number of carbonyl (C=O) groups is 2. The van der Waals surface area contributed by atoms with Crippen LogP contribution in [0.2, 0.25) is 5.02 Å². The molecule has 0 atom stereocenters. The Hall–Kier alpha value is -2.79. The van der Waals surface area contributed by atoms with Crippen molar-refractivity contribution >= 4 is 34.3 Å². The molecule has 2 aromatic carbocycles. The highest BCUT2D eigenvalue weighted by molar-refractivity contribution is 6.36. The maximum atomic E-state index is 12.9. The molecule has 194 valence electrons. The Labute approximate surface area is 219 Å². The van der Waals surface area contributed by atoms with Crippen molar-refractivity contribution in [3.05, 3.63) is 64.3 Å². The Kier molecular flexibility index (Phi) is 9.61. The fourth-order valence-electron chi connectivity index (χ4n) is 4.59. The molecule has 0 aliphatic heterocycles. The number of nitrogens with zero attached hydrogens (tertiary/aromatic N) is 1. The first kappa shape index (κ1) is 27.8. The van der Waals surface area contributed by atoms with Crippen LogP contribution in [0.15, 0.2) is 42.5 Å². The summed E-state index contributed by atoms with van der Waals surface area (Å²) in [4.78, 5) is 24.4. The second kappa shape index (κ2) is 12.4. The van der Waals surface area contributed by atoms with E-state index in [9.17, 15) is 14.7 Å². The second-order valence-electron chi connectivity index (χ2n) is 10.5. The quantitative estimate of drug-likeness (QED) is 0.237. The standard InChI is InChI=1S/C30H38ClNO4/c1-5-6-7-8-9-10-11-21-12-15-24(16-13-21)36-20-23(33)19-32-26-17-14-22(29(34)35)18-25(26)27(31)28(32)30(2,3)4/h12-18H,5-11,19-20H2,1-4H3,(H,34,35). The predicted molar refractivity (Wildman–Crippen MR) is 147 cm³/mol. The van der Waals surface area contributed by atoms with Gasteiger partial charge in [-0.1, -0.05) is 83.5 Å². The van der Waals surface area contributed by atoms with E-state index in [1.165, 1.54) is 50.2 Å². The lowest BCUT2D eigenvalue weighted by Gasteiger charge is -2.22. The molecule has 0 unspecified atom stereocenters. The van der Waals surface area contributed by atoms with Crippen molar-refractivity contribution in [1.29, 1.82) is 0 Å². The van der Waals surface area contributed by atoms with E-state index in [-0.39, 0.29) is 29.9 Å². The molecule has 0 spiro atoms. The molecule has 3 rings (SSSR count). The van der Waals surface area contributed by atoms with Gasteiger partial charge in [0.25, 0.3) is 0 Å². The fourth-order valence-corrected chi connectivity index (χ4v) is 5.13. The predicted octanol–water partition coefficient (Wildman–Crippen LogP) is 7.84. The molecule has 0 saturated carbocycles. The highest BCUT2D eigenvalue weighted by atomic mass is 35.5. The van der Waals surface area contributed by atoms with Gasteiger partial charge in [0.2, 0.25) is 0 Å². The largest absolute Gasteiger partial charge is 0.486 e. The van der Waals surface area contributed by atoms with Crippen LogP contribution in [-0.4, -0.2) is 28.0 Å². The summed E-state index contributed by atoms with van der Waals surface area (Å²) in [5.74, 6) is -0.430. The molecular formula is C30H38ClNO4. The van der Waals surface area contributed by atoms with Gasteiger partial charge in [-0.05, 0) is 48.7 Å². The number of carboxylic acids is 1. The molecule has 0 aliphatic rings. The molecule has 0 fully saturated rings. The number of ether oxygens (including phenoxy) is 1. The number of hydrogen-bond acceptors (Lipinski definition) is 3. The smallest absolute Gasteiger partial charge is 0.335 e. The zero-order valence-electron chi connectivity index (χ0n) is 21.9. The van der Waals surface area contributed by atoms with Gasteiger partial charge in [-0.3, -0.25) is 4.79 Å². The van der Waals surface area contributed by atoms with Crippen molar-refractivity contribution in [2.75, 3.05) is 6.61 Å². The number of aryl methyl sites for hydroxylation is 1. The summed E-state index contributed by atoms with van der Waals surface area (Å²) in [5.41, 5.74) is 2.65. The number of fused-ring (bicyclic) bond motifs is 1. The molecule has 0 amide bonds. The summed E-state index contributed by atoms with van der Waals surface area (Å²) < 4.78 is 7.67. The van der Waals surface area contributed by atoms with Crippen molar-refractivity contribution in [2.45, 2.75) is 84.6 Å². The van der Waals surface area contributed by atoms with Crippen LogP contribution in [0.1, 0.15) is 87.8 Å². The van der Waals surface area contributed by atoms with Crippen molar-refractivity contribution in [2.24, 2.45) is 0 Å². The number of carbonyl (C=O) groups excluding carboxylic acids is 1. The van der Waals surface area contributed by atoms with Gasteiger partial charge >= 0.3 is 5.97 Å². The van der Waals surface area contributed by atoms with E-state index in [0.29, 0.717) is 16.2 Å². The molecule has 0 aliphatic carbocycles. The summed E-state index contributed by atoms with van der Waals surface area (Å²) in [6.07, 6.45) is 8.73. The average Bonchev–Trinajstić information content (AvgIpc) is 3.11. The highest BCUT2D eigenvalue weighted by Gasteiger charge is 2.27. The lowest BCUT2D eigenvalue weighted by Crippen LogP contribution is -2.24. The number of aromatic nitrogens is 1. The Morgan fingerprint density at radius 3 is 2.28 bits per heavy atom. The lowest BCUT2D eigenvalue weighted by molar-refractivity contribution is -0.121. The van der Waals surface area contributed by atoms with Crippen molar-refractivity contribution < 1.29 is 19.4 Å². The number of Topliss-reactive ketones (excluding diaryl/α,β-unsaturated/α-hetero) is 1. The SMILES string of the molecule is CCCCCCCCc1ccc(OCC(=O)Cn2c(C(C)(C)C)c(Cl)c3cc(C(=O)O)ccc32)cc1. The molecule has 36 heavy (non-hydrogen) atoms. The van der Waals surface area contributed by atoms with Crippen molar-refractivity contribution in [1.82, 2.24) is 4.57 Å². The molecular weight excluding hydrogens is 474 g/mol. The summed E-state index contributed by atoms with van der Waals surface area (Å²) in [7, 11) is 0. The second-order valence-corrected chi connectivity index (χ2v) is 10.9. The van der Waals surface area contributed by atoms with Crippen molar-refractivity contribution in [3.63, 3.8) is 0 Å². The van der Waals surface area contributed by atoms with Crippen LogP contribution in [0.25, 0.3) is 10.9 Å². The van der Waals surface area contributed by atoms with Gasteiger partial charge in [0.15, 0.2) is 5.78 Å². The Balaban J connectivity index is 1.64. The van der Waals surface area contributed by atoms with Gasteiger partial charge < -0.3 is 14.4 Å². The molecule has 1 aromatic heterocycles. The van der Waals surface area contributed by atoms with Gasteiger partial charge in [-0.2, -0.15) is 0 Å². The number of benzene rings is 2. The van der Waals surface area contributed by atoms with E-state index in [1.807, 2.05) is 37.5 Å². The minimum Gasteiger partial charge on any atom is -0.486 e. The van der Waals surface area contributed by atoms with Gasteiger partial charge in [0.05, 0.1) is 22.6 Å². The van der Waals surface area contributed by atoms with Crippen LogP contribution >= 0.6 is 11.6 Å². The summed E-state index contributed by atoms with van der Waals surface area (Å²) >= 11 is 6.71. The van der Waals surface area contributed by atoms with Crippen LogP contribution in [-0.2, 0) is 23.2 Å². The lowest BCUT2D eigenvalue weighted by atomic mass is 9.91. The van der Waals surface area contributed by atoms with Crippen LogP contribution in [0.3, 0.4) is 0 Å². The first-order valence-corrected chi connectivity index (χ1v) is 13.3. The van der Waals surface area contributed by atoms with E-state index in [1.54, 1.807) is 12.1 Å². The first-order chi connectivity index (χ1) is 17.1. The maximum Gasteiger partial charge on any atom is 0.335 e. The number of rotatable bonds is 13. The molecule has 6 heteroatoms. The van der Waals surface area contributed by atoms with E-state index in [2.05, 4.69) is 19.1 Å². The Morgan fingerprint density at radius 2 is 1.64 bits per heavy atom. The van der Waals surface area contributed by atoms with Crippen LogP contribution in [0.4, 0.5) is 0 Å². The third kappa shape index (κ3) is 7.13. The Bertz CT molecular complexity index is 1190. The van der Waals surface area contributed by atoms with Gasteiger partial charge in [0, 0.05) is 16.5 Å². The van der Waals surface area contributed by atoms with Crippen LogP contribution in [0, 0.1) is 0 Å². The topological polar surface area (TPSA) is 68.5 Å². The van der Waals surface area contributed by atoms with E-state index in [0.717, 1.165) is 17.6 Å². The number of aromatic carboxylic acids is 1. The van der Waals surface area contributed by atoms with Gasteiger partial charge in [-0.25, -0.2) is 4.79 Å². The molecule has 0 saturated heterocycles. The number of carboxylic acid groups (broad SMARTS) is 1. The summed E-state index contributed by atoms with van der Waals surface area (Å²) in [6.45, 7) is 8.35. The molecule has 0 bridgehead atoms. The van der Waals surface area contributed by atoms with Crippen LogP contribution < -0.4 is 4.74 Å². The number of hydrogen-bond donors (Lipinski definition) is 1. The highest BCUT2D eigenvalue weighted by Crippen LogP contribution is 2.38. The summed E-state index contributed by atoms with van der Waals surface area (Å²) in [5, 5.41) is 10.5. The van der Waals surface area contributed by atoms with E-state index in [4.69, 9.17) is 16.3 Å². The number of ketones is 1. The molecule has 0 radical (unpaired) electrons. The van der Waals surface area contributed by atoms with Crippen LogP contribution in [0.5, 0.6) is 5.75 Å². The van der Waals surface area contributed by atoms with Gasteiger partial charge in [-0.15, -0.1) is 0 Å². The molecule has 1 heterocycles. The van der Waals surface area contributed by atoms with E-state index < -0.39 is 5.97 Å². The Morgan fingerprint density at radius 1 is 0.972 bits per heavy atom. The molecule has 5 nitrogen and oxygen atoms in total. The monoisotopic (exact) mass is 511 g/mol. The zero-order valence-corrected chi connectivity index (χ0v) is 22.7. The van der Waals surface area contributed by atoms with Gasteiger partial charge in [0.1, 0.15) is 12.4 Å². The zero-order chi connectivity index (χ0) is 26.3. The summed E-state index contributed by atoms with van der Waals surface area (Å²) in [6, 6.07) is 12.8. The van der Waals surface area contributed by atoms with Crippen molar-refractivity contribution in [3.8, 4) is 5.75 Å². The third-order valence-corrected chi connectivity index (χ3v) is 6.82. The number of unbranched alkanes of at least 4 members (excludes halogenated alkanes) is 5. The van der Waals surface area contributed by atoms with E-state index >= 15 is 0 Å². The molecule has 3 aromatic rings. The minimum atomic E-state index is -1.01. The first-order valence-electron chi connectivity index (χ1n) is 12.9. The normalized spacial score (nSPS) is 11.7. The molecule has 1 N–H and O–H groups in total. The third-order valence-electron chi connectivity index (χ3n) is 6.44.